The number of nitro benzene ring substituents is 1. The number of sulfonamides is 1. The molecular formula is C12H19N3O5S. The molecule has 0 radical (unpaired) electrons. The van der Waals surface area contributed by atoms with Crippen LogP contribution in [-0.4, -0.2) is 56.1 Å². The summed E-state index contributed by atoms with van der Waals surface area (Å²) in [5.41, 5.74) is -1.79. The normalized spacial score (nSPS) is 14.9. The summed E-state index contributed by atoms with van der Waals surface area (Å²) >= 11 is 0. The third-order valence-electron chi connectivity index (χ3n) is 2.65. The highest BCUT2D eigenvalue weighted by Crippen LogP contribution is 2.22. The van der Waals surface area contributed by atoms with E-state index >= 15 is 0 Å². The van der Waals surface area contributed by atoms with Crippen LogP contribution < -0.4 is 4.72 Å². The lowest BCUT2D eigenvalue weighted by molar-refractivity contribution is -0.387. The van der Waals surface area contributed by atoms with Gasteiger partial charge in [-0.3, -0.25) is 10.1 Å². The number of aliphatic hydroxyl groups is 1. The standard InChI is InChI=1S/C12H19N3O5S/c1-12(16,9-14(2)3)8-13-21(19,20)11-7-5-4-6-10(11)15(17)18/h4-7,13,16H,8-9H2,1-3H3. The average molecular weight is 317 g/mol. The van der Waals surface area contributed by atoms with Crippen molar-refractivity contribution in [1.29, 1.82) is 0 Å². The predicted molar refractivity (Wildman–Crippen MR) is 77.5 cm³/mol. The summed E-state index contributed by atoms with van der Waals surface area (Å²) in [6.07, 6.45) is 0. The SMILES string of the molecule is CN(C)CC(C)(O)CNS(=O)(=O)c1ccccc1[N+](=O)[O-]. The summed E-state index contributed by atoms with van der Waals surface area (Å²) in [7, 11) is -0.593. The molecule has 1 unspecified atom stereocenters. The molecule has 8 nitrogen and oxygen atoms in total. The van der Waals surface area contributed by atoms with Gasteiger partial charge in [-0.25, -0.2) is 13.1 Å². The summed E-state index contributed by atoms with van der Waals surface area (Å²) in [6, 6.07) is 5.06. The van der Waals surface area contributed by atoms with Crippen LogP contribution in [0.2, 0.25) is 0 Å². The van der Waals surface area contributed by atoms with Crippen LogP contribution in [0.3, 0.4) is 0 Å². The number of nitrogens with one attached hydrogen (secondary N) is 1. The number of likely N-dealkylation sites (N-methyl/N-ethyl adjacent to an activating group) is 1. The Morgan fingerprint density at radius 2 is 1.95 bits per heavy atom. The molecule has 0 amide bonds. The maximum absolute atomic E-state index is 12.1. The van der Waals surface area contributed by atoms with Gasteiger partial charge < -0.3 is 10.0 Å². The molecule has 0 aliphatic carbocycles. The van der Waals surface area contributed by atoms with E-state index in [1.54, 1.807) is 19.0 Å². The van der Waals surface area contributed by atoms with Gasteiger partial charge in [-0.15, -0.1) is 0 Å². The van der Waals surface area contributed by atoms with Gasteiger partial charge in [0.2, 0.25) is 10.0 Å². The van der Waals surface area contributed by atoms with Crippen LogP contribution in [-0.2, 0) is 10.0 Å². The number of nitro groups is 1. The van der Waals surface area contributed by atoms with Gasteiger partial charge in [0.05, 0.1) is 10.5 Å². The molecule has 0 bridgehead atoms. The summed E-state index contributed by atoms with van der Waals surface area (Å²) in [6.45, 7) is 1.47. The quantitative estimate of drug-likeness (QED) is 0.548. The third-order valence-corrected chi connectivity index (χ3v) is 4.10. The zero-order valence-electron chi connectivity index (χ0n) is 12.1. The first kappa shape index (κ1) is 17.5. The highest BCUT2D eigenvalue weighted by molar-refractivity contribution is 7.89. The Balaban J connectivity index is 2.96. The summed E-state index contributed by atoms with van der Waals surface area (Å²) in [5, 5.41) is 20.9. The van der Waals surface area contributed by atoms with E-state index in [0.29, 0.717) is 0 Å². The Morgan fingerprint density at radius 1 is 1.38 bits per heavy atom. The Morgan fingerprint density at radius 3 is 2.48 bits per heavy atom. The van der Waals surface area contributed by atoms with Gasteiger partial charge in [-0.05, 0) is 27.1 Å². The van der Waals surface area contributed by atoms with Crippen molar-refractivity contribution in [2.75, 3.05) is 27.2 Å². The van der Waals surface area contributed by atoms with Crippen molar-refractivity contribution >= 4 is 15.7 Å². The molecule has 21 heavy (non-hydrogen) atoms. The molecular weight excluding hydrogens is 298 g/mol. The second-order valence-corrected chi connectivity index (χ2v) is 7.02. The molecule has 9 heteroatoms. The van der Waals surface area contributed by atoms with E-state index in [0.717, 1.165) is 12.1 Å². The second kappa shape index (κ2) is 6.48. The largest absolute Gasteiger partial charge is 0.387 e. The summed E-state index contributed by atoms with van der Waals surface area (Å²) < 4.78 is 26.5. The summed E-state index contributed by atoms with van der Waals surface area (Å²) in [4.78, 5) is 11.4. The van der Waals surface area contributed by atoms with Gasteiger partial charge >= 0.3 is 0 Å². The smallest absolute Gasteiger partial charge is 0.289 e. The number of para-hydroxylation sites is 1. The van der Waals surface area contributed by atoms with Crippen LogP contribution in [0.25, 0.3) is 0 Å². The van der Waals surface area contributed by atoms with E-state index in [2.05, 4.69) is 4.72 Å². The topological polar surface area (TPSA) is 113 Å². The molecule has 1 aromatic rings. The average Bonchev–Trinajstić information content (AvgIpc) is 2.35. The highest BCUT2D eigenvalue weighted by atomic mass is 32.2. The zero-order valence-corrected chi connectivity index (χ0v) is 12.9. The van der Waals surface area contributed by atoms with Crippen molar-refractivity contribution in [2.24, 2.45) is 0 Å². The Kier molecular flexibility index (Phi) is 5.40. The maximum atomic E-state index is 12.1. The summed E-state index contributed by atoms with van der Waals surface area (Å²) in [5.74, 6) is 0. The maximum Gasteiger partial charge on any atom is 0.289 e. The van der Waals surface area contributed by atoms with Gasteiger partial charge in [0.1, 0.15) is 0 Å². The number of hydrogen-bond acceptors (Lipinski definition) is 6. The Bertz CT molecular complexity index is 613. The Labute approximate surface area is 123 Å². The first-order valence-corrected chi connectivity index (χ1v) is 7.64. The van der Waals surface area contributed by atoms with Crippen molar-refractivity contribution in [1.82, 2.24) is 9.62 Å². The molecule has 0 fully saturated rings. The van der Waals surface area contributed by atoms with Crippen molar-refractivity contribution in [3.63, 3.8) is 0 Å². The van der Waals surface area contributed by atoms with Gasteiger partial charge in [0.15, 0.2) is 4.90 Å². The molecule has 0 aromatic heterocycles. The van der Waals surface area contributed by atoms with E-state index in [9.17, 15) is 23.6 Å². The lowest BCUT2D eigenvalue weighted by Crippen LogP contribution is -2.47. The fourth-order valence-electron chi connectivity index (χ4n) is 1.90. The minimum atomic E-state index is -4.08. The van der Waals surface area contributed by atoms with Crippen molar-refractivity contribution < 1.29 is 18.4 Å². The number of hydrogen-bond donors (Lipinski definition) is 2. The lowest BCUT2D eigenvalue weighted by Gasteiger charge is -2.26. The van der Waals surface area contributed by atoms with Crippen molar-refractivity contribution in [3.8, 4) is 0 Å². The zero-order chi connectivity index (χ0) is 16.3. The molecule has 1 rings (SSSR count). The number of benzene rings is 1. The monoisotopic (exact) mass is 317 g/mol. The van der Waals surface area contributed by atoms with Crippen LogP contribution in [0, 0.1) is 10.1 Å². The predicted octanol–water partition coefficient (Wildman–Crippen LogP) is 0.186. The van der Waals surface area contributed by atoms with E-state index in [1.807, 2.05) is 0 Å². The Hall–Kier alpha value is -1.55. The van der Waals surface area contributed by atoms with E-state index in [4.69, 9.17) is 0 Å². The van der Waals surface area contributed by atoms with Crippen molar-refractivity contribution in [2.45, 2.75) is 17.4 Å². The molecule has 1 aromatic carbocycles. The van der Waals surface area contributed by atoms with Crippen LogP contribution in [0.1, 0.15) is 6.92 Å². The fraction of sp³-hybridized carbons (Fsp3) is 0.500. The van der Waals surface area contributed by atoms with Crippen LogP contribution in [0.15, 0.2) is 29.2 Å². The molecule has 0 aliphatic heterocycles. The van der Waals surface area contributed by atoms with E-state index in [1.165, 1.54) is 19.1 Å². The minimum Gasteiger partial charge on any atom is -0.387 e. The van der Waals surface area contributed by atoms with E-state index < -0.39 is 31.1 Å². The first-order valence-electron chi connectivity index (χ1n) is 6.15. The molecule has 0 aliphatic rings. The van der Waals surface area contributed by atoms with Gasteiger partial charge in [0, 0.05) is 19.2 Å². The highest BCUT2D eigenvalue weighted by Gasteiger charge is 2.29. The lowest BCUT2D eigenvalue weighted by atomic mass is 10.1. The molecule has 0 saturated carbocycles. The number of nitrogens with zero attached hydrogens (tertiary/aromatic N) is 2. The van der Waals surface area contributed by atoms with Gasteiger partial charge in [0.25, 0.3) is 5.69 Å². The molecule has 2 N–H and O–H groups in total. The van der Waals surface area contributed by atoms with Gasteiger partial charge in [-0.2, -0.15) is 0 Å². The van der Waals surface area contributed by atoms with Crippen LogP contribution >= 0.6 is 0 Å². The third kappa shape index (κ3) is 5.05. The fourth-order valence-corrected chi connectivity index (χ4v) is 3.23. The minimum absolute atomic E-state index is 0.242. The molecule has 0 spiro atoms. The molecule has 118 valence electrons. The first-order chi connectivity index (χ1) is 9.55. The van der Waals surface area contributed by atoms with Crippen LogP contribution in [0.5, 0.6) is 0 Å². The molecule has 1 atom stereocenters. The molecule has 0 saturated heterocycles. The molecule has 0 heterocycles. The second-order valence-electron chi connectivity index (χ2n) is 5.28. The number of rotatable bonds is 7. The van der Waals surface area contributed by atoms with Crippen LogP contribution in [0.4, 0.5) is 5.69 Å². The van der Waals surface area contributed by atoms with Crippen molar-refractivity contribution in [3.05, 3.63) is 34.4 Å². The van der Waals surface area contributed by atoms with Gasteiger partial charge in [-0.1, -0.05) is 12.1 Å². The van der Waals surface area contributed by atoms with E-state index in [-0.39, 0.29) is 13.1 Å².